The Kier molecular flexibility index (Phi) is 5.22. The summed E-state index contributed by atoms with van der Waals surface area (Å²) < 4.78 is 1.04. The number of ketones is 1. The molecule has 1 fully saturated rings. The van der Waals surface area contributed by atoms with Crippen molar-refractivity contribution in [2.24, 2.45) is 5.92 Å². The van der Waals surface area contributed by atoms with Crippen molar-refractivity contribution in [3.63, 3.8) is 0 Å². The van der Waals surface area contributed by atoms with Crippen LogP contribution in [0.3, 0.4) is 0 Å². The minimum atomic E-state index is 0.142. The monoisotopic (exact) mass is 338 g/mol. The number of hydrogen-bond donors (Lipinski definition) is 0. The zero-order chi connectivity index (χ0) is 14.7. The first-order valence-electron chi connectivity index (χ1n) is 7.17. The number of piperidine rings is 1. The van der Waals surface area contributed by atoms with Gasteiger partial charge in [0, 0.05) is 35.4 Å². The van der Waals surface area contributed by atoms with Crippen LogP contribution in [-0.4, -0.2) is 44.4 Å². The largest absolute Gasteiger partial charge is 0.371 e. The van der Waals surface area contributed by atoms with Gasteiger partial charge in [-0.25, -0.2) is 0 Å². The number of Topliss-reactive ketones (excluding diaryl/α,β-unsaturated/α-hetero) is 1. The summed E-state index contributed by atoms with van der Waals surface area (Å²) in [5.74, 6) is 0.914. The van der Waals surface area contributed by atoms with E-state index in [2.05, 4.69) is 45.9 Å². The number of hydrogen-bond acceptors (Lipinski definition) is 3. The van der Waals surface area contributed by atoms with Gasteiger partial charge in [-0.2, -0.15) is 0 Å². The first-order valence-corrected chi connectivity index (χ1v) is 7.97. The SMILES string of the molecule is CC(=O)c1ccc(Br)cc1N1CCC(CN(C)C)CC1. The molecule has 2 rings (SSSR count). The molecular weight excluding hydrogens is 316 g/mol. The Labute approximate surface area is 130 Å². The summed E-state index contributed by atoms with van der Waals surface area (Å²) in [6, 6.07) is 5.94. The Bertz CT molecular complexity index is 479. The van der Waals surface area contributed by atoms with Crippen LogP contribution in [0.2, 0.25) is 0 Å². The Morgan fingerprint density at radius 2 is 2.00 bits per heavy atom. The lowest BCUT2D eigenvalue weighted by Gasteiger charge is -2.35. The lowest BCUT2D eigenvalue weighted by molar-refractivity contribution is 0.101. The first kappa shape index (κ1) is 15.5. The predicted molar refractivity (Wildman–Crippen MR) is 87.6 cm³/mol. The summed E-state index contributed by atoms with van der Waals surface area (Å²) in [5, 5.41) is 0. The van der Waals surface area contributed by atoms with Crippen LogP contribution in [0, 0.1) is 5.92 Å². The second-order valence-corrected chi connectivity index (χ2v) is 6.83. The Morgan fingerprint density at radius 1 is 1.35 bits per heavy atom. The standard InChI is InChI=1S/C16H23BrN2O/c1-12(20)15-5-4-14(17)10-16(15)19-8-6-13(7-9-19)11-18(2)3/h4-5,10,13H,6-9,11H2,1-3H3. The van der Waals surface area contributed by atoms with Crippen molar-refractivity contribution in [2.45, 2.75) is 19.8 Å². The molecule has 0 radical (unpaired) electrons. The van der Waals surface area contributed by atoms with Gasteiger partial charge in [0.25, 0.3) is 0 Å². The highest BCUT2D eigenvalue weighted by molar-refractivity contribution is 9.10. The molecular formula is C16H23BrN2O. The van der Waals surface area contributed by atoms with Crippen molar-refractivity contribution < 1.29 is 4.79 Å². The van der Waals surface area contributed by atoms with E-state index in [0.717, 1.165) is 41.3 Å². The van der Waals surface area contributed by atoms with Gasteiger partial charge < -0.3 is 9.80 Å². The molecule has 1 aromatic carbocycles. The van der Waals surface area contributed by atoms with E-state index in [-0.39, 0.29) is 5.78 Å². The third kappa shape index (κ3) is 3.83. The predicted octanol–water partition coefficient (Wildman–Crippen LogP) is 3.43. The second kappa shape index (κ2) is 6.72. The summed E-state index contributed by atoms with van der Waals surface area (Å²) in [5.41, 5.74) is 1.91. The second-order valence-electron chi connectivity index (χ2n) is 5.91. The summed E-state index contributed by atoms with van der Waals surface area (Å²) in [6.07, 6.45) is 2.39. The third-order valence-corrected chi connectivity index (χ3v) is 4.41. The van der Waals surface area contributed by atoms with Crippen LogP contribution in [0.15, 0.2) is 22.7 Å². The quantitative estimate of drug-likeness (QED) is 0.786. The van der Waals surface area contributed by atoms with E-state index >= 15 is 0 Å². The number of nitrogens with zero attached hydrogens (tertiary/aromatic N) is 2. The van der Waals surface area contributed by atoms with Crippen LogP contribution in [-0.2, 0) is 0 Å². The lowest BCUT2D eigenvalue weighted by Crippen LogP contribution is -2.37. The molecule has 0 spiro atoms. The molecule has 110 valence electrons. The number of benzene rings is 1. The van der Waals surface area contributed by atoms with Crippen molar-refractivity contribution in [1.82, 2.24) is 4.90 Å². The molecule has 4 heteroatoms. The van der Waals surface area contributed by atoms with Crippen LogP contribution >= 0.6 is 15.9 Å². The maximum atomic E-state index is 11.8. The lowest BCUT2D eigenvalue weighted by atomic mass is 9.95. The van der Waals surface area contributed by atoms with E-state index in [1.54, 1.807) is 6.92 Å². The van der Waals surface area contributed by atoms with Crippen molar-refractivity contribution in [1.29, 1.82) is 0 Å². The molecule has 1 aliphatic rings. The molecule has 1 aromatic rings. The minimum Gasteiger partial charge on any atom is -0.371 e. The van der Waals surface area contributed by atoms with E-state index in [9.17, 15) is 4.79 Å². The van der Waals surface area contributed by atoms with Gasteiger partial charge in [-0.3, -0.25) is 4.79 Å². The maximum Gasteiger partial charge on any atom is 0.161 e. The topological polar surface area (TPSA) is 23.6 Å². The molecule has 0 bridgehead atoms. The zero-order valence-corrected chi connectivity index (χ0v) is 14.1. The van der Waals surface area contributed by atoms with Crippen LogP contribution < -0.4 is 4.90 Å². The van der Waals surface area contributed by atoms with Gasteiger partial charge in [-0.05, 0) is 58.0 Å². The van der Waals surface area contributed by atoms with Crippen molar-refractivity contribution in [3.05, 3.63) is 28.2 Å². The van der Waals surface area contributed by atoms with Gasteiger partial charge in [0.15, 0.2) is 5.78 Å². The number of rotatable bonds is 4. The Balaban J connectivity index is 2.10. The zero-order valence-electron chi connectivity index (χ0n) is 12.5. The number of anilines is 1. The third-order valence-electron chi connectivity index (χ3n) is 3.92. The van der Waals surface area contributed by atoms with E-state index in [1.165, 1.54) is 12.8 Å². The Morgan fingerprint density at radius 3 is 2.55 bits per heavy atom. The van der Waals surface area contributed by atoms with Crippen LogP contribution in [0.5, 0.6) is 0 Å². The summed E-state index contributed by atoms with van der Waals surface area (Å²) >= 11 is 3.51. The van der Waals surface area contributed by atoms with Gasteiger partial charge in [0.1, 0.15) is 0 Å². The highest BCUT2D eigenvalue weighted by Crippen LogP contribution is 2.29. The van der Waals surface area contributed by atoms with E-state index in [0.29, 0.717) is 0 Å². The molecule has 0 unspecified atom stereocenters. The molecule has 0 aliphatic carbocycles. The van der Waals surface area contributed by atoms with Gasteiger partial charge in [-0.1, -0.05) is 15.9 Å². The number of carbonyl (C=O) groups is 1. The van der Waals surface area contributed by atoms with Crippen LogP contribution in [0.1, 0.15) is 30.1 Å². The fourth-order valence-corrected chi connectivity index (χ4v) is 3.29. The van der Waals surface area contributed by atoms with Crippen molar-refractivity contribution in [3.8, 4) is 0 Å². The average molecular weight is 339 g/mol. The molecule has 1 heterocycles. The molecule has 20 heavy (non-hydrogen) atoms. The van der Waals surface area contributed by atoms with Gasteiger partial charge in [-0.15, -0.1) is 0 Å². The molecule has 1 saturated heterocycles. The molecule has 0 N–H and O–H groups in total. The van der Waals surface area contributed by atoms with Crippen molar-refractivity contribution >= 4 is 27.4 Å². The van der Waals surface area contributed by atoms with Crippen LogP contribution in [0.25, 0.3) is 0 Å². The summed E-state index contributed by atoms with van der Waals surface area (Å²) in [7, 11) is 4.27. The van der Waals surface area contributed by atoms with Gasteiger partial charge in [0.2, 0.25) is 0 Å². The van der Waals surface area contributed by atoms with E-state index in [4.69, 9.17) is 0 Å². The highest BCUT2D eigenvalue weighted by atomic mass is 79.9. The molecule has 0 amide bonds. The number of carbonyl (C=O) groups excluding carboxylic acids is 1. The van der Waals surface area contributed by atoms with Crippen molar-refractivity contribution in [2.75, 3.05) is 38.6 Å². The fraction of sp³-hybridized carbons (Fsp3) is 0.562. The van der Waals surface area contributed by atoms with E-state index < -0.39 is 0 Å². The normalized spacial score (nSPS) is 16.8. The fourth-order valence-electron chi connectivity index (χ4n) is 2.94. The molecule has 0 aromatic heterocycles. The van der Waals surface area contributed by atoms with E-state index in [1.807, 2.05) is 12.1 Å². The number of halogens is 1. The maximum absolute atomic E-state index is 11.8. The van der Waals surface area contributed by atoms with Gasteiger partial charge in [0.05, 0.1) is 0 Å². The Hall–Kier alpha value is -0.870. The first-order chi connectivity index (χ1) is 9.47. The minimum absolute atomic E-state index is 0.142. The summed E-state index contributed by atoms with van der Waals surface area (Å²) in [6.45, 7) is 4.88. The molecule has 0 saturated carbocycles. The van der Waals surface area contributed by atoms with Crippen LogP contribution in [0.4, 0.5) is 5.69 Å². The molecule has 1 aliphatic heterocycles. The van der Waals surface area contributed by atoms with Gasteiger partial charge >= 0.3 is 0 Å². The summed E-state index contributed by atoms with van der Waals surface area (Å²) in [4.78, 5) is 16.4. The molecule has 0 atom stereocenters. The molecule has 3 nitrogen and oxygen atoms in total. The smallest absolute Gasteiger partial charge is 0.161 e. The highest BCUT2D eigenvalue weighted by Gasteiger charge is 2.22. The average Bonchev–Trinajstić information content (AvgIpc) is 2.38.